The van der Waals surface area contributed by atoms with Crippen LogP contribution in [0.3, 0.4) is 0 Å². The Morgan fingerprint density at radius 2 is 1.89 bits per heavy atom. The van der Waals surface area contributed by atoms with Crippen molar-refractivity contribution in [3.8, 4) is 0 Å². The van der Waals surface area contributed by atoms with Crippen LogP contribution in [0.5, 0.6) is 0 Å². The first-order valence-corrected chi connectivity index (χ1v) is 10.6. The van der Waals surface area contributed by atoms with Gasteiger partial charge in [0, 0.05) is 17.9 Å². The molecule has 0 fully saturated rings. The van der Waals surface area contributed by atoms with Gasteiger partial charge in [-0.05, 0) is 43.7 Å². The van der Waals surface area contributed by atoms with Crippen LogP contribution >= 0.6 is 35.0 Å². The third-order valence-electron chi connectivity index (χ3n) is 4.18. The first kappa shape index (κ1) is 20.7. The number of carbonyl (C=O) groups is 1. The number of benzene rings is 2. The summed E-state index contributed by atoms with van der Waals surface area (Å²) in [6, 6.07) is 14.4. The Kier molecular flexibility index (Phi) is 6.99. The van der Waals surface area contributed by atoms with Gasteiger partial charge in [0.2, 0.25) is 0 Å². The highest BCUT2D eigenvalue weighted by atomic mass is 35.5. The zero-order chi connectivity index (χ0) is 20.1. The third kappa shape index (κ3) is 4.87. The number of amides is 1. The van der Waals surface area contributed by atoms with E-state index in [-0.39, 0.29) is 11.9 Å². The third-order valence-corrected chi connectivity index (χ3v) is 5.96. The van der Waals surface area contributed by atoms with E-state index < -0.39 is 0 Å². The van der Waals surface area contributed by atoms with Crippen LogP contribution < -0.4 is 5.32 Å². The number of nitrogens with zero attached hydrogens (tertiary/aromatic N) is 3. The minimum atomic E-state index is -0.264. The molecule has 146 valence electrons. The summed E-state index contributed by atoms with van der Waals surface area (Å²) in [5.74, 6) is 1.28. The second-order valence-corrected chi connectivity index (χ2v) is 7.94. The first-order valence-electron chi connectivity index (χ1n) is 8.85. The average molecular weight is 435 g/mol. The normalized spacial score (nSPS) is 12.0. The van der Waals surface area contributed by atoms with Crippen LogP contribution in [0.25, 0.3) is 0 Å². The Balaban J connectivity index is 1.70. The van der Waals surface area contributed by atoms with Crippen molar-refractivity contribution in [1.82, 2.24) is 20.1 Å². The number of halogens is 2. The average Bonchev–Trinajstić information content (AvgIpc) is 3.12. The minimum absolute atomic E-state index is 0.135. The van der Waals surface area contributed by atoms with Crippen molar-refractivity contribution in [1.29, 1.82) is 0 Å². The molecule has 0 saturated heterocycles. The summed E-state index contributed by atoms with van der Waals surface area (Å²) in [5, 5.41) is 13.5. The molecule has 0 unspecified atom stereocenters. The van der Waals surface area contributed by atoms with Crippen LogP contribution in [0.2, 0.25) is 10.0 Å². The van der Waals surface area contributed by atoms with Gasteiger partial charge in [-0.25, -0.2) is 0 Å². The number of carbonyl (C=O) groups excluding carboxylic acids is 1. The fourth-order valence-corrected chi connectivity index (χ4v) is 4.01. The molecule has 8 heteroatoms. The number of hydrogen-bond donors (Lipinski definition) is 1. The maximum Gasteiger partial charge on any atom is 0.251 e. The van der Waals surface area contributed by atoms with Crippen LogP contribution in [-0.2, 0) is 12.3 Å². The molecule has 0 radical (unpaired) electrons. The lowest BCUT2D eigenvalue weighted by atomic mass is 10.2. The summed E-state index contributed by atoms with van der Waals surface area (Å²) in [6.45, 7) is 4.64. The largest absolute Gasteiger partial charge is 0.342 e. The fraction of sp³-hybridized carbons (Fsp3) is 0.250. The molecule has 0 aliphatic heterocycles. The van der Waals surface area contributed by atoms with Gasteiger partial charge in [-0.2, -0.15) is 0 Å². The van der Waals surface area contributed by atoms with Gasteiger partial charge in [-0.3, -0.25) is 4.79 Å². The van der Waals surface area contributed by atoms with E-state index >= 15 is 0 Å². The van der Waals surface area contributed by atoms with Crippen molar-refractivity contribution in [3.63, 3.8) is 0 Å². The van der Waals surface area contributed by atoms with E-state index in [1.54, 1.807) is 30.0 Å². The molecular formula is C20H20Cl2N4OS. The van der Waals surface area contributed by atoms with E-state index in [1.807, 2.05) is 48.7 Å². The van der Waals surface area contributed by atoms with Gasteiger partial charge in [-0.1, -0.05) is 59.2 Å². The van der Waals surface area contributed by atoms with Gasteiger partial charge in [0.1, 0.15) is 0 Å². The van der Waals surface area contributed by atoms with Gasteiger partial charge in [0.25, 0.3) is 5.91 Å². The molecule has 3 aromatic rings. The molecule has 0 spiro atoms. The molecule has 5 nitrogen and oxygen atoms in total. The summed E-state index contributed by atoms with van der Waals surface area (Å²) in [4.78, 5) is 12.4. The number of nitrogens with one attached hydrogen (secondary N) is 1. The quantitative estimate of drug-likeness (QED) is 0.506. The van der Waals surface area contributed by atoms with E-state index in [0.29, 0.717) is 27.9 Å². The SMILES string of the molecule is CCn1c(SCc2ccc(Cl)c(Cl)c2)nnc1[C@H](C)NC(=O)c1ccccc1. The highest BCUT2D eigenvalue weighted by Gasteiger charge is 2.19. The molecule has 0 aliphatic carbocycles. The van der Waals surface area contributed by atoms with E-state index in [2.05, 4.69) is 15.5 Å². The molecule has 0 aliphatic rings. The van der Waals surface area contributed by atoms with Gasteiger partial charge in [-0.15, -0.1) is 10.2 Å². The zero-order valence-electron chi connectivity index (χ0n) is 15.5. The van der Waals surface area contributed by atoms with Crippen LogP contribution in [0.1, 0.15) is 41.6 Å². The molecule has 0 saturated carbocycles. The highest BCUT2D eigenvalue weighted by Crippen LogP contribution is 2.28. The Labute approximate surface area is 178 Å². The van der Waals surface area contributed by atoms with Crippen LogP contribution in [0.15, 0.2) is 53.7 Å². The van der Waals surface area contributed by atoms with E-state index in [0.717, 1.165) is 16.5 Å². The summed E-state index contributed by atoms with van der Waals surface area (Å²) in [7, 11) is 0. The summed E-state index contributed by atoms with van der Waals surface area (Å²) >= 11 is 13.6. The molecule has 1 aromatic heterocycles. The lowest BCUT2D eigenvalue weighted by molar-refractivity contribution is 0.0937. The van der Waals surface area contributed by atoms with Gasteiger partial charge >= 0.3 is 0 Å². The first-order chi connectivity index (χ1) is 13.5. The van der Waals surface area contributed by atoms with Crippen molar-refractivity contribution < 1.29 is 4.79 Å². The maximum atomic E-state index is 12.4. The number of thioether (sulfide) groups is 1. The molecule has 28 heavy (non-hydrogen) atoms. The minimum Gasteiger partial charge on any atom is -0.342 e. The molecule has 2 aromatic carbocycles. The molecular weight excluding hydrogens is 415 g/mol. The lowest BCUT2D eigenvalue weighted by Gasteiger charge is -2.15. The van der Waals surface area contributed by atoms with Crippen LogP contribution in [0.4, 0.5) is 0 Å². The van der Waals surface area contributed by atoms with Crippen molar-refractivity contribution >= 4 is 40.9 Å². The lowest BCUT2D eigenvalue weighted by Crippen LogP contribution is -2.28. The number of hydrogen-bond acceptors (Lipinski definition) is 4. The summed E-state index contributed by atoms with van der Waals surface area (Å²) in [5.41, 5.74) is 1.67. The summed E-state index contributed by atoms with van der Waals surface area (Å²) in [6.07, 6.45) is 0. The van der Waals surface area contributed by atoms with Gasteiger partial charge < -0.3 is 9.88 Å². The van der Waals surface area contributed by atoms with E-state index in [9.17, 15) is 4.79 Å². The molecule has 3 rings (SSSR count). The maximum absolute atomic E-state index is 12.4. The van der Waals surface area contributed by atoms with E-state index in [1.165, 1.54) is 0 Å². The molecule has 1 atom stereocenters. The molecule has 1 amide bonds. The highest BCUT2D eigenvalue weighted by molar-refractivity contribution is 7.98. The van der Waals surface area contributed by atoms with E-state index in [4.69, 9.17) is 23.2 Å². The Hall–Kier alpha value is -2.02. The topological polar surface area (TPSA) is 59.8 Å². The summed E-state index contributed by atoms with van der Waals surface area (Å²) < 4.78 is 2.01. The Morgan fingerprint density at radius 1 is 1.14 bits per heavy atom. The second kappa shape index (κ2) is 9.45. The fourth-order valence-electron chi connectivity index (χ4n) is 2.74. The van der Waals surface area contributed by atoms with Crippen molar-refractivity contribution in [2.45, 2.75) is 37.3 Å². The van der Waals surface area contributed by atoms with Crippen LogP contribution in [0, 0.1) is 0 Å². The Bertz CT molecular complexity index is 962. The standard InChI is InChI=1S/C20H20Cl2N4OS/c1-3-26-18(13(2)23-19(27)15-7-5-4-6-8-15)24-25-20(26)28-12-14-9-10-16(21)17(22)11-14/h4-11,13H,3,12H2,1-2H3,(H,23,27)/t13-/m0/s1. The van der Waals surface area contributed by atoms with Crippen molar-refractivity contribution in [2.24, 2.45) is 0 Å². The zero-order valence-corrected chi connectivity index (χ0v) is 17.9. The van der Waals surface area contributed by atoms with Gasteiger partial charge in [0.05, 0.1) is 16.1 Å². The van der Waals surface area contributed by atoms with Crippen LogP contribution in [-0.4, -0.2) is 20.7 Å². The van der Waals surface area contributed by atoms with Gasteiger partial charge in [0.15, 0.2) is 11.0 Å². The van der Waals surface area contributed by atoms with Crippen molar-refractivity contribution in [3.05, 3.63) is 75.5 Å². The predicted molar refractivity (Wildman–Crippen MR) is 114 cm³/mol. The molecule has 1 N–H and O–H groups in total. The van der Waals surface area contributed by atoms with Crippen molar-refractivity contribution in [2.75, 3.05) is 0 Å². The predicted octanol–water partition coefficient (Wildman–Crippen LogP) is 5.39. The molecule has 1 heterocycles. The smallest absolute Gasteiger partial charge is 0.251 e. The second-order valence-electron chi connectivity index (χ2n) is 6.18. The molecule has 0 bridgehead atoms. The number of rotatable bonds is 7. The monoisotopic (exact) mass is 434 g/mol. The Morgan fingerprint density at radius 3 is 2.57 bits per heavy atom. The number of aromatic nitrogens is 3.